The first kappa shape index (κ1) is 26.6. The van der Waals surface area contributed by atoms with E-state index < -0.39 is 18.0 Å². The summed E-state index contributed by atoms with van der Waals surface area (Å²) < 4.78 is 18.6. The lowest BCUT2D eigenvalue weighted by Gasteiger charge is -2.24. The lowest BCUT2D eigenvalue weighted by atomic mass is 9.96. The number of esters is 2. The molecule has 2 aromatic carbocycles. The number of ether oxygens (including phenoxy) is 3. The molecule has 0 N–H and O–H groups in total. The highest BCUT2D eigenvalue weighted by molar-refractivity contribution is 9.10. The number of allylic oxidation sites excluding steroid dienone is 1. The van der Waals surface area contributed by atoms with E-state index in [-0.39, 0.29) is 12.2 Å². The van der Waals surface area contributed by atoms with Gasteiger partial charge in [0, 0.05) is 6.92 Å². The minimum absolute atomic E-state index is 0.203. The third kappa shape index (κ3) is 5.60. The first-order chi connectivity index (χ1) is 17.7. The van der Waals surface area contributed by atoms with E-state index in [2.05, 4.69) is 20.9 Å². The zero-order chi connectivity index (χ0) is 26.7. The topological polar surface area (TPSA) is 96.2 Å². The standard InChI is InChI=1S/C27H25BrN2O6S/c1-5-34-19-10-8-18(9-11-19)24-23(26(33)35-6-2)15(3)29-27-30(24)25(32)22(37-27)14-17-7-12-21(20(28)13-17)36-16(4)31/h7-14,24H,5-6H2,1-4H3/b22-14-/t24-/m0/s1. The molecule has 0 unspecified atom stereocenters. The molecule has 0 spiro atoms. The van der Waals surface area contributed by atoms with Crippen LogP contribution in [0.5, 0.6) is 11.5 Å². The molecular formula is C27H25BrN2O6S. The van der Waals surface area contributed by atoms with Crippen LogP contribution in [0.4, 0.5) is 0 Å². The van der Waals surface area contributed by atoms with E-state index in [0.717, 1.165) is 11.1 Å². The van der Waals surface area contributed by atoms with Gasteiger partial charge in [0.15, 0.2) is 4.80 Å². The van der Waals surface area contributed by atoms with Crippen molar-refractivity contribution in [2.75, 3.05) is 13.2 Å². The normalized spacial score (nSPS) is 15.2. The molecule has 0 amide bonds. The van der Waals surface area contributed by atoms with Gasteiger partial charge in [0.2, 0.25) is 0 Å². The van der Waals surface area contributed by atoms with E-state index >= 15 is 0 Å². The minimum atomic E-state index is -0.703. The van der Waals surface area contributed by atoms with E-state index in [1.165, 1.54) is 22.8 Å². The number of fused-ring (bicyclic) bond motifs is 1. The van der Waals surface area contributed by atoms with Crippen LogP contribution in [0.1, 0.15) is 44.9 Å². The zero-order valence-electron chi connectivity index (χ0n) is 20.7. The van der Waals surface area contributed by atoms with Crippen molar-refractivity contribution < 1.29 is 23.8 Å². The van der Waals surface area contributed by atoms with Gasteiger partial charge in [0.05, 0.1) is 39.5 Å². The first-order valence-electron chi connectivity index (χ1n) is 11.6. The van der Waals surface area contributed by atoms with Crippen molar-refractivity contribution >= 4 is 45.3 Å². The van der Waals surface area contributed by atoms with Crippen LogP contribution in [0.15, 0.2) is 68.0 Å². The minimum Gasteiger partial charge on any atom is -0.494 e. The average Bonchev–Trinajstić information content (AvgIpc) is 3.15. The van der Waals surface area contributed by atoms with Crippen molar-refractivity contribution in [2.45, 2.75) is 33.7 Å². The van der Waals surface area contributed by atoms with Crippen molar-refractivity contribution in [1.29, 1.82) is 0 Å². The molecule has 1 aliphatic heterocycles. The molecule has 2 heterocycles. The predicted molar refractivity (Wildman–Crippen MR) is 143 cm³/mol. The number of aromatic nitrogens is 1. The number of benzene rings is 2. The fraction of sp³-hybridized carbons (Fsp3) is 0.259. The van der Waals surface area contributed by atoms with Crippen LogP contribution in [0.25, 0.3) is 6.08 Å². The quantitative estimate of drug-likeness (QED) is 0.309. The van der Waals surface area contributed by atoms with Gasteiger partial charge in [0.1, 0.15) is 11.5 Å². The Kier molecular flexibility index (Phi) is 8.09. The lowest BCUT2D eigenvalue weighted by Crippen LogP contribution is -2.39. The van der Waals surface area contributed by atoms with Crippen molar-refractivity contribution in [2.24, 2.45) is 4.99 Å². The Morgan fingerprint density at radius 1 is 1.14 bits per heavy atom. The summed E-state index contributed by atoms with van der Waals surface area (Å²) in [6.45, 7) is 7.44. The fourth-order valence-electron chi connectivity index (χ4n) is 4.02. The number of carbonyl (C=O) groups excluding carboxylic acids is 2. The molecule has 192 valence electrons. The summed E-state index contributed by atoms with van der Waals surface area (Å²) in [4.78, 5) is 43.1. The van der Waals surface area contributed by atoms with Crippen LogP contribution in [0.2, 0.25) is 0 Å². The van der Waals surface area contributed by atoms with Gasteiger partial charge in [-0.25, -0.2) is 9.79 Å². The number of halogens is 1. The Morgan fingerprint density at radius 3 is 2.49 bits per heavy atom. The van der Waals surface area contributed by atoms with Gasteiger partial charge in [-0.05, 0) is 78.2 Å². The SMILES string of the molecule is CCOC(=O)C1=C(C)N=c2s/c(=C\c3ccc(OC(C)=O)c(Br)c3)c(=O)n2[C@H]1c1ccc(OCC)cc1. The Labute approximate surface area is 225 Å². The second-order valence-corrected chi connectivity index (χ2v) is 9.95. The zero-order valence-corrected chi connectivity index (χ0v) is 23.1. The number of hydrogen-bond acceptors (Lipinski definition) is 8. The van der Waals surface area contributed by atoms with Crippen molar-refractivity contribution in [3.8, 4) is 11.5 Å². The van der Waals surface area contributed by atoms with Crippen molar-refractivity contribution in [3.63, 3.8) is 0 Å². The van der Waals surface area contributed by atoms with Crippen molar-refractivity contribution in [3.05, 3.63) is 89.0 Å². The van der Waals surface area contributed by atoms with Gasteiger partial charge in [-0.2, -0.15) is 0 Å². The molecule has 0 saturated carbocycles. The van der Waals surface area contributed by atoms with Crippen LogP contribution in [-0.4, -0.2) is 29.7 Å². The highest BCUT2D eigenvalue weighted by Gasteiger charge is 2.33. The van der Waals surface area contributed by atoms with E-state index in [4.69, 9.17) is 14.2 Å². The largest absolute Gasteiger partial charge is 0.494 e. The maximum Gasteiger partial charge on any atom is 0.338 e. The van der Waals surface area contributed by atoms with Crippen LogP contribution in [-0.2, 0) is 14.3 Å². The molecule has 1 aliphatic rings. The molecule has 1 atom stereocenters. The van der Waals surface area contributed by atoms with Crippen LogP contribution in [0.3, 0.4) is 0 Å². The lowest BCUT2D eigenvalue weighted by molar-refractivity contribution is -0.139. The molecule has 0 saturated heterocycles. The Morgan fingerprint density at radius 2 is 1.86 bits per heavy atom. The van der Waals surface area contributed by atoms with Gasteiger partial charge in [-0.3, -0.25) is 14.2 Å². The van der Waals surface area contributed by atoms with Gasteiger partial charge < -0.3 is 14.2 Å². The number of rotatable bonds is 7. The predicted octanol–water partition coefficient (Wildman–Crippen LogP) is 3.88. The number of thiazole rings is 1. The summed E-state index contributed by atoms with van der Waals surface area (Å²) >= 11 is 4.64. The Balaban J connectivity index is 1.86. The second kappa shape index (κ2) is 11.3. The molecule has 37 heavy (non-hydrogen) atoms. The van der Waals surface area contributed by atoms with Crippen LogP contribution < -0.4 is 24.4 Å². The summed E-state index contributed by atoms with van der Waals surface area (Å²) in [5.41, 5.74) is 2.00. The van der Waals surface area contributed by atoms with E-state index in [9.17, 15) is 14.4 Å². The second-order valence-electron chi connectivity index (χ2n) is 8.09. The smallest absolute Gasteiger partial charge is 0.338 e. The number of carbonyl (C=O) groups is 2. The highest BCUT2D eigenvalue weighted by atomic mass is 79.9. The molecule has 10 heteroatoms. The summed E-state index contributed by atoms with van der Waals surface area (Å²) in [6.07, 6.45) is 1.74. The molecule has 8 nitrogen and oxygen atoms in total. The molecule has 0 bridgehead atoms. The van der Waals surface area contributed by atoms with E-state index in [0.29, 0.717) is 43.2 Å². The first-order valence-corrected chi connectivity index (χ1v) is 13.2. The van der Waals surface area contributed by atoms with Gasteiger partial charge >= 0.3 is 11.9 Å². The van der Waals surface area contributed by atoms with Gasteiger partial charge in [-0.1, -0.05) is 29.5 Å². The summed E-state index contributed by atoms with van der Waals surface area (Å²) in [7, 11) is 0. The summed E-state index contributed by atoms with van der Waals surface area (Å²) in [5, 5.41) is 0. The van der Waals surface area contributed by atoms with Crippen molar-refractivity contribution in [1.82, 2.24) is 4.57 Å². The van der Waals surface area contributed by atoms with Crippen LogP contribution >= 0.6 is 27.3 Å². The molecule has 0 radical (unpaired) electrons. The maximum atomic E-state index is 13.7. The van der Waals surface area contributed by atoms with E-state index in [1.54, 1.807) is 38.1 Å². The maximum absolute atomic E-state index is 13.7. The molecule has 4 rings (SSSR count). The molecule has 0 fully saturated rings. The third-order valence-corrected chi connectivity index (χ3v) is 7.13. The number of nitrogens with zero attached hydrogens (tertiary/aromatic N) is 2. The summed E-state index contributed by atoms with van der Waals surface area (Å²) in [5.74, 6) is 0.141. The van der Waals surface area contributed by atoms with E-state index in [1.807, 2.05) is 31.2 Å². The molecule has 0 aliphatic carbocycles. The Hall–Kier alpha value is -3.50. The number of hydrogen-bond donors (Lipinski definition) is 0. The molecule has 1 aromatic heterocycles. The molecule has 3 aromatic rings. The third-order valence-electron chi connectivity index (χ3n) is 5.53. The monoisotopic (exact) mass is 584 g/mol. The van der Waals surface area contributed by atoms with Crippen LogP contribution in [0, 0.1) is 0 Å². The average molecular weight is 585 g/mol. The molecular weight excluding hydrogens is 560 g/mol. The Bertz CT molecular complexity index is 1570. The van der Waals surface area contributed by atoms with Gasteiger partial charge in [0.25, 0.3) is 5.56 Å². The summed E-state index contributed by atoms with van der Waals surface area (Å²) in [6, 6.07) is 11.8. The fourth-order valence-corrected chi connectivity index (χ4v) is 5.54. The highest BCUT2D eigenvalue weighted by Crippen LogP contribution is 2.32. The van der Waals surface area contributed by atoms with Gasteiger partial charge in [-0.15, -0.1) is 0 Å².